The van der Waals surface area contributed by atoms with Crippen molar-refractivity contribution in [1.29, 1.82) is 5.26 Å². The number of hydrogen-bond acceptors (Lipinski definition) is 6. The SMILES string of the molecule is COCCn1c(=O)n([C@H]2CCCN(C(=O)CC#N)C2)c2nc(-c3cnn4ccccc34)ccc21. The van der Waals surface area contributed by atoms with Gasteiger partial charge in [-0.15, -0.1) is 0 Å². The number of methoxy groups -OCH3 is 1. The van der Waals surface area contributed by atoms with E-state index in [4.69, 9.17) is 15.0 Å². The molecule has 0 aliphatic carbocycles. The van der Waals surface area contributed by atoms with Gasteiger partial charge >= 0.3 is 5.69 Å². The highest BCUT2D eigenvalue weighted by Crippen LogP contribution is 2.28. The molecule has 34 heavy (non-hydrogen) atoms. The van der Waals surface area contributed by atoms with Crippen molar-refractivity contribution < 1.29 is 9.53 Å². The molecule has 4 aromatic heterocycles. The van der Waals surface area contributed by atoms with Crippen LogP contribution in [0.1, 0.15) is 25.3 Å². The van der Waals surface area contributed by atoms with Crippen molar-refractivity contribution in [3.05, 3.63) is 53.2 Å². The van der Waals surface area contributed by atoms with Gasteiger partial charge in [0.1, 0.15) is 6.42 Å². The second-order valence-electron chi connectivity index (χ2n) is 8.40. The van der Waals surface area contributed by atoms with Crippen molar-refractivity contribution in [3.8, 4) is 17.3 Å². The molecular formula is C24H25N7O3. The number of likely N-dealkylation sites (tertiary alicyclic amines) is 1. The molecule has 1 saturated heterocycles. The average molecular weight is 460 g/mol. The van der Waals surface area contributed by atoms with Crippen molar-refractivity contribution in [1.82, 2.24) is 28.6 Å². The number of piperidine rings is 1. The average Bonchev–Trinajstić information content (AvgIpc) is 3.41. The van der Waals surface area contributed by atoms with Crippen LogP contribution in [0.2, 0.25) is 0 Å². The lowest BCUT2D eigenvalue weighted by atomic mass is 10.1. The minimum Gasteiger partial charge on any atom is -0.383 e. The van der Waals surface area contributed by atoms with E-state index in [-0.39, 0.29) is 24.1 Å². The van der Waals surface area contributed by atoms with Crippen LogP contribution in [-0.4, -0.2) is 61.3 Å². The van der Waals surface area contributed by atoms with E-state index in [1.54, 1.807) is 31.9 Å². The number of fused-ring (bicyclic) bond motifs is 2. The molecule has 10 nitrogen and oxygen atoms in total. The van der Waals surface area contributed by atoms with Crippen LogP contribution in [0.25, 0.3) is 27.9 Å². The largest absolute Gasteiger partial charge is 0.383 e. The highest BCUT2D eigenvalue weighted by molar-refractivity contribution is 5.82. The summed E-state index contributed by atoms with van der Waals surface area (Å²) in [6, 6.07) is 11.4. The maximum Gasteiger partial charge on any atom is 0.330 e. The van der Waals surface area contributed by atoms with Crippen molar-refractivity contribution >= 4 is 22.6 Å². The molecular weight excluding hydrogens is 434 g/mol. The summed E-state index contributed by atoms with van der Waals surface area (Å²) in [6.45, 7) is 1.77. The van der Waals surface area contributed by atoms with Crippen molar-refractivity contribution in [2.24, 2.45) is 0 Å². The zero-order chi connectivity index (χ0) is 23.7. The highest BCUT2D eigenvalue weighted by Gasteiger charge is 2.29. The monoisotopic (exact) mass is 459 g/mol. The van der Waals surface area contributed by atoms with E-state index in [0.717, 1.165) is 35.1 Å². The third-order valence-electron chi connectivity index (χ3n) is 6.38. The molecule has 5 heterocycles. The summed E-state index contributed by atoms with van der Waals surface area (Å²) in [5, 5.41) is 13.3. The van der Waals surface area contributed by atoms with Crippen molar-refractivity contribution in [2.45, 2.75) is 31.8 Å². The number of hydrogen-bond donors (Lipinski definition) is 0. The maximum absolute atomic E-state index is 13.6. The molecule has 0 radical (unpaired) electrons. The van der Waals surface area contributed by atoms with Gasteiger partial charge in [0, 0.05) is 32.0 Å². The molecule has 1 aliphatic heterocycles. The third kappa shape index (κ3) is 3.74. The predicted octanol–water partition coefficient (Wildman–Crippen LogP) is 2.24. The number of ether oxygens (including phenoxy) is 1. The number of nitriles is 1. The molecule has 0 aromatic carbocycles. The van der Waals surface area contributed by atoms with E-state index < -0.39 is 0 Å². The van der Waals surface area contributed by atoms with Crippen LogP contribution >= 0.6 is 0 Å². The Kier molecular flexibility index (Phi) is 5.86. The molecule has 10 heteroatoms. The van der Waals surface area contributed by atoms with Gasteiger partial charge in [-0.2, -0.15) is 10.4 Å². The summed E-state index contributed by atoms with van der Waals surface area (Å²) in [4.78, 5) is 32.5. The van der Waals surface area contributed by atoms with E-state index in [1.807, 2.05) is 42.6 Å². The van der Waals surface area contributed by atoms with E-state index in [2.05, 4.69) is 5.10 Å². The minimum absolute atomic E-state index is 0.158. The zero-order valence-electron chi connectivity index (χ0n) is 18.9. The van der Waals surface area contributed by atoms with Crippen LogP contribution in [0, 0.1) is 11.3 Å². The Hall–Kier alpha value is -3.97. The number of carbonyl (C=O) groups is 1. The zero-order valence-corrected chi connectivity index (χ0v) is 18.9. The summed E-state index contributed by atoms with van der Waals surface area (Å²) >= 11 is 0. The van der Waals surface area contributed by atoms with E-state index in [1.165, 1.54) is 0 Å². The van der Waals surface area contributed by atoms with Gasteiger partial charge < -0.3 is 9.64 Å². The molecule has 5 rings (SSSR count). The minimum atomic E-state index is -0.221. The number of amides is 1. The molecule has 1 fully saturated rings. The van der Waals surface area contributed by atoms with Crippen LogP contribution in [0.4, 0.5) is 0 Å². The van der Waals surface area contributed by atoms with Gasteiger partial charge in [0.2, 0.25) is 5.91 Å². The summed E-state index contributed by atoms with van der Waals surface area (Å²) in [5.74, 6) is -0.205. The molecule has 0 unspecified atom stereocenters. The topological polar surface area (TPSA) is 110 Å². The van der Waals surface area contributed by atoms with E-state index in [9.17, 15) is 9.59 Å². The second-order valence-corrected chi connectivity index (χ2v) is 8.40. The molecule has 0 spiro atoms. The number of imidazole rings is 1. The standard InChI is InChI=1S/C24H25N7O3/c1-34-14-13-29-21-8-7-19(18-15-26-30-12-3-2-6-20(18)30)27-23(21)31(24(29)33)17-5-4-11-28(16-17)22(32)9-10-25/h2-3,6-8,12,15,17H,4-5,9,11,13-14,16H2,1H3/t17-/m0/s1. The second kappa shape index (κ2) is 9.11. The van der Waals surface area contributed by atoms with E-state index in [0.29, 0.717) is 31.9 Å². The predicted molar refractivity (Wildman–Crippen MR) is 125 cm³/mol. The van der Waals surface area contributed by atoms with Gasteiger partial charge in [0.15, 0.2) is 5.65 Å². The Bertz CT molecular complexity index is 1460. The Morgan fingerprint density at radius 3 is 2.97 bits per heavy atom. The van der Waals surface area contributed by atoms with Crippen LogP contribution in [0.5, 0.6) is 0 Å². The van der Waals surface area contributed by atoms with Crippen molar-refractivity contribution in [2.75, 3.05) is 26.8 Å². The smallest absolute Gasteiger partial charge is 0.330 e. The van der Waals surface area contributed by atoms with Gasteiger partial charge in [0.05, 0.1) is 48.2 Å². The molecule has 174 valence electrons. The molecule has 0 bridgehead atoms. The number of aromatic nitrogens is 5. The van der Waals surface area contributed by atoms with Crippen LogP contribution in [0.3, 0.4) is 0 Å². The lowest BCUT2D eigenvalue weighted by molar-refractivity contribution is -0.131. The van der Waals surface area contributed by atoms with Gasteiger partial charge in [0.25, 0.3) is 0 Å². The van der Waals surface area contributed by atoms with Gasteiger partial charge in [-0.05, 0) is 37.1 Å². The van der Waals surface area contributed by atoms with E-state index >= 15 is 0 Å². The summed E-state index contributed by atoms with van der Waals surface area (Å²) in [6.07, 6.45) is 5.00. The lowest BCUT2D eigenvalue weighted by Gasteiger charge is -2.32. The van der Waals surface area contributed by atoms with Crippen LogP contribution in [0.15, 0.2) is 47.5 Å². The molecule has 0 N–H and O–H groups in total. The van der Waals surface area contributed by atoms with Crippen molar-refractivity contribution in [3.63, 3.8) is 0 Å². The highest BCUT2D eigenvalue weighted by atomic mass is 16.5. The summed E-state index contributed by atoms with van der Waals surface area (Å²) < 4.78 is 10.4. The first-order valence-corrected chi connectivity index (χ1v) is 11.3. The molecule has 1 amide bonds. The first-order chi connectivity index (χ1) is 16.6. The number of carbonyl (C=O) groups excluding carboxylic acids is 1. The van der Waals surface area contributed by atoms with Crippen LogP contribution < -0.4 is 5.69 Å². The maximum atomic E-state index is 13.6. The Labute approximate surface area is 195 Å². The fraction of sp³-hybridized carbons (Fsp3) is 0.375. The quantitative estimate of drug-likeness (QED) is 0.437. The number of nitrogens with zero attached hydrogens (tertiary/aromatic N) is 7. The van der Waals surface area contributed by atoms with Crippen LogP contribution in [-0.2, 0) is 16.1 Å². The molecule has 1 aliphatic rings. The Morgan fingerprint density at radius 2 is 2.15 bits per heavy atom. The molecule has 4 aromatic rings. The van der Waals surface area contributed by atoms with Gasteiger partial charge in [-0.25, -0.2) is 14.3 Å². The fourth-order valence-corrected chi connectivity index (χ4v) is 4.73. The summed E-state index contributed by atoms with van der Waals surface area (Å²) in [5.41, 5.74) is 3.65. The number of rotatable bonds is 6. The normalized spacial score (nSPS) is 16.2. The fourth-order valence-electron chi connectivity index (χ4n) is 4.73. The molecule has 1 atom stereocenters. The Morgan fingerprint density at radius 1 is 1.26 bits per heavy atom. The first kappa shape index (κ1) is 21.9. The summed E-state index contributed by atoms with van der Waals surface area (Å²) in [7, 11) is 1.60. The lowest BCUT2D eigenvalue weighted by Crippen LogP contribution is -2.43. The number of pyridine rings is 2. The third-order valence-corrected chi connectivity index (χ3v) is 6.38. The van der Waals surface area contributed by atoms with Gasteiger partial charge in [-0.3, -0.25) is 13.9 Å². The van der Waals surface area contributed by atoms with Gasteiger partial charge in [-0.1, -0.05) is 6.07 Å². The first-order valence-electron chi connectivity index (χ1n) is 11.3. The Balaban J connectivity index is 1.63. The molecule has 0 saturated carbocycles.